The minimum atomic E-state index is 0.281. The molecular weight excluding hydrogens is 456 g/mol. The standard InChI is InChI=1S/C23H22O2.C9H12O.C2H6/c1-2-24-19-14-12-18(13-15-19)23-20-10-6-7-11-22(20)25-16-21(23)17-8-4-3-5-9-17;1-8-3-5-9(6-4-8)7-10-2;1-2/h3-15,21,23H,2,16H2,1H3;3-6H,7H2,1-2H3;1-2H3. The zero-order valence-corrected chi connectivity index (χ0v) is 22.8. The summed E-state index contributed by atoms with van der Waals surface area (Å²) in [4.78, 5) is 0. The molecule has 0 spiro atoms. The molecule has 3 nitrogen and oxygen atoms in total. The first-order chi connectivity index (χ1) is 18.2. The molecule has 0 radical (unpaired) electrons. The van der Waals surface area contributed by atoms with Crippen molar-refractivity contribution >= 4 is 0 Å². The fourth-order valence-corrected chi connectivity index (χ4v) is 4.55. The van der Waals surface area contributed by atoms with Crippen LogP contribution in [0.25, 0.3) is 0 Å². The van der Waals surface area contributed by atoms with Crippen molar-refractivity contribution in [3.8, 4) is 11.5 Å². The highest BCUT2D eigenvalue weighted by molar-refractivity contribution is 5.48. The molecule has 0 aromatic heterocycles. The number of benzene rings is 4. The number of rotatable bonds is 6. The summed E-state index contributed by atoms with van der Waals surface area (Å²) in [6.45, 7) is 10.2. The summed E-state index contributed by atoms with van der Waals surface area (Å²) >= 11 is 0. The first-order valence-electron chi connectivity index (χ1n) is 13.2. The van der Waals surface area contributed by atoms with Crippen LogP contribution in [0.2, 0.25) is 0 Å². The summed E-state index contributed by atoms with van der Waals surface area (Å²) in [5.41, 5.74) is 6.39. The molecule has 5 rings (SSSR count). The molecule has 2 unspecified atom stereocenters. The lowest BCUT2D eigenvalue weighted by atomic mass is 9.76. The topological polar surface area (TPSA) is 27.7 Å². The number of hydrogen-bond donors (Lipinski definition) is 0. The Kier molecular flexibility index (Phi) is 11.3. The summed E-state index contributed by atoms with van der Waals surface area (Å²) in [6, 6.07) is 35.9. The summed E-state index contributed by atoms with van der Waals surface area (Å²) in [5, 5.41) is 0. The lowest BCUT2D eigenvalue weighted by molar-refractivity contribution is 0.185. The smallest absolute Gasteiger partial charge is 0.123 e. The van der Waals surface area contributed by atoms with Crippen LogP contribution in [0, 0.1) is 6.92 Å². The molecule has 0 bridgehead atoms. The molecule has 3 heteroatoms. The van der Waals surface area contributed by atoms with E-state index in [9.17, 15) is 0 Å². The van der Waals surface area contributed by atoms with Crippen molar-refractivity contribution in [3.05, 3.63) is 131 Å². The predicted octanol–water partition coefficient (Wildman–Crippen LogP) is 8.56. The Morgan fingerprint density at radius 1 is 0.757 bits per heavy atom. The molecule has 0 N–H and O–H groups in total. The lowest BCUT2D eigenvalue weighted by Crippen LogP contribution is -2.25. The molecule has 1 heterocycles. The second kappa shape index (κ2) is 14.9. The van der Waals surface area contributed by atoms with Crippen LogP contribution >= 0.6 is 0 Å². The van der Waals surface area contributed by atoms with E-state index in [-0.39, 0.29) is 5.92 Å². The first-order valence-corrected chi connectivity index (χ1v) is 13.2. The van der Waals surface area contributed by atoms with E-state index in [1.165, 1.54) is 27.8 Å². The van der Waals surface area contributed by atoms with Crippen molar-refractivity contribution in [2.75, 3.05) is 20.3 Å². The van der Waals surface area contributed by atoms with E-state index in [4.69, 9.17) is 14.2 Å². The van der Waals surface area contributed by atoms with Crippen LogP contribution in [0.1, 0.15) is 60.4 Å². The van der Waals surface area contributed by atoms with Crippen LogP contribution in [0.4, 0.5) is 0 Å². The second-order valence-electron chi connectivity index (χ2n) is 8.76. The molecule has 0 amide bonds. The Bertz CT molecular complexity index is 1170. The van der Waals surface area contributed by atoms with Crippen LogP contribution in [0.15, 0.2) is 103 Å². The second-order valence-corrected chi connectivity index (χ2v) is 8.76. The number of ether oxygens (including phenoxy) is 3. The van der Waals surface area contributed by atoms with Gasteiger partial charge in [0.25, 0.3) is 0 Å². The predicted molar refractivity (Wildman–Crippen MR) is 154 cm³/mol. The Labute approximate surface area is 223 Å². The van der Waals surface area contributed by atoms with Gasteiger partial charge in [-0.1, -0.05) is 104 Å². The number of fused-ring (bicyclic) bond motifs is 1. The Balaban J connectivity index is 0.000000266. The molecule has 0 saturated heterocycles. The molecular formula is C34H40O3. The summed E-state index contributed by atoms with van der Waals surface area (Å²) < 4.78 is 16.7. The molecule has 0 saturated carbocycles. The van der Waals surface area contributed by atoms with Gasteiger partial charge in [0, 0.05) is 24.5 Å². The van der Waals surface area contributed by atoms with E-state index >= 15 is 0 Å². The van der Waals surface area contributed by atoms with Crippen molar-refractivity contribution < 1.29 is 14.2 Å². The maximum absolute atomic E-state index is 6.08. The Hall–Kier alpha value is -3.56. The van der Waals surface area contributed by atoms with Gasteiger partial charge in [0.15, 0.2) is 0 Å². The quantitative estimate of drug-likeness (QED) is 0.268. The number of hydrogen-bond acceptors (Lipinski definition) is 3. The van der Waals surface area contributed by atoms with Gasteiger partial charge in [-0.3, -0.25) is 0 Å². The van der Waals surface area contributed by atoms with Crippen molar-refractivity contribution in [2.45, 2.75) is 46.1 Å². The highest BCUT2D eigenvalue weighted by Crippen LogP contribution is 2.46. The lowest BCUT2D eigenvalue weighted by Gasteiger charge is -2.34. The van der Waals surface area contributed by atoms with E-state index in [1.54, 1.807) is 7.11 Å². The molecule has 4 aromatic rings. The zero-order chi connectivity index (χ0) is 26.5. The van der Waals surface area contributed by atoms with Crippen molar-refractivity contribution in [1.29, 1.82) is 0 Å². The van der Waals surface area contributed by atoms with E-state index in [2.05, 4.69) is 104 Å². The molecule has 0 aliphatic carbocycles. The van der Waals surface area contributed by atoms with Crippen molar-refractivity contribution in [2.24, 2.45) is 0 Å². The highest BCUT2D eigenvalue weighted by atomic mass is 16.5. The highest BCUT2D eigenvalue weighted by Gasteiger charge is 2.33. The van der Waals surface area contributed by atoms with Gasteiger partial charge in [0.2, 0.25) is 0 Å². The summed E-state index contributed by atoms with van der Waals surface area (Å²) in [6.07, 6.45) is 0. The van der Waals surface area contributed by atoms with Gasteiger partial charge >= 0.3 is 0 Å². The summed E-state index contributed by atoms with van der Waals surface area (Å²) in [5.74, 6) is 2.49. The van der Waals surface area contributed by atoms with Crippen LogP contribution in [-0.2, 0) is 11.3 Å². The monoisotopic (exact) mass is 496 g/mol. The first kappa shape index (κ1) is 28.0. The third kappa shape index (κ3) is 7.71. The van der Waals surface area contributed by atoms with Gasteiger partial charge < -0.3 is 14.2 Å². The normalized spacial score (nSPS) is 15.6. The van der Waals surface area contributed by atoms with E-state index < -0.39 is 0 Å². The van der Waals surface area contributed by atoms with Gasteiger partial charge in [-0.25, -0.2) is 0 Å². The van der Waals surface area contributed by atoms with E-state index in [0.717, 1.165) is 11.5 Å². The molecule has 0 fully saturated rings. The molecule has 2 atom stereocenters. The zero-order valence-electron chi connectivity index (χ0n) is 22.8. The van der Waals surface area contributed by atoms with Gasteiger partial charge in [0.1, 0.15) is 11.5 Å². The molecule has 1 aliphatic rings. The van der Waals surface area contributed by atoms with Gasteiger partial charge in [0.05, 0.1) is 19.8 Å². The van der Waals surface area contributed by atoms with E-state index in [1.807, 2.05) is 26.8 Å². The minimum Gasteiger partial charge on any atom is -0.494 e. The Morgan fingerprint density at radius 2 is 1.41 bits per heavy atom. The molecule has 1 aliphatic heterocycles. The number of para-hydroxylation sites is 1. The largest absolute Gasteiger partial charge is 0.494 e. The van der Waals surface area contributed by atoms with Crippen LogP contribution in [0.3, 0.4) is 0 Å². The average Bonchev–Trinajstić information content (AvgIpc) is 2.96. The number of aryl methyl sites for hydroxylation is 1. The van der Waals surface area contributed by atoms with E-state index in [0.29, 0.717) is 25.7 Å². The SMILES string of the molecule is CC.CCOc1ccc(C2c3ccccc3OCC2c2ccccc2)cc1.COCc1ccc(C)cc1. The fraction of sp³-hybridized carbons (Fsp3) is 0.294. The molecule has 4 aromatic carbocycles. The van der Waals surface area contributed by atoms with Crippen LogP contribution in [-0.4, -0.2) is 20.3 Å². The van der Waals surface area contributed by atoms with Gasteiger partial charge in [-0.15, -0.1) is 0 Å². The third-order valence-corrected chi connectivity index (χ3v) is 6.28. The summed E-state index contributed by atoms with van der Waals surface area (Å²) in [7, 11) is 1.71. The van der Waals surface area contributed by atoms with Crippen LogP contribution in [0.5, 0.6) is 11.5 Å². The maximum atomic E-state index is 6.08. The molecule has 37 heavy (non-hydrogen) atoms. The van der Waals surface area contributed by atoms with Crippen molar-refractivity contribution in [1.82, 2.24) is 0 Å². The van der Waals surface area contributed by atoms with Crippen LogP contribution < -0.4 is 9.47 Å². The maximum Gasteiger partial charge on any atom is 0.123 e. The Morgan fingerprint density at radius 3 is 2.05 bits per heavy atom. The van der Waals surface area contributed by atoms with Gasteiger partial charge in [-0.05, 0) is 48.7 Å². The minimum absolute atomic E-state index is 0.281. The van der Waals surface area contributed by atoms with Gasteiger partial charge in [-0.2, -0.15) is 0 Å². The third-order valence-electron chi connectivity index (χ3n) is 6.28. The number of methoxy groups -OCH3 is 1. The van der Waals surface area contributed by atoms with Crippen molar-refractivity contribution in [3.63, 3.8) is 0 Å². The molecule has 194 valence electrons. The average molecular weight is 497 g/mol. The fourth-order valence-electron chi connectivity index (χ4n) is 4.55.